The number of hydrogen-bond acceptors (Lipinski definition) is 8. The lowest BCUT2D eigenvalue weighted by atomic mass is 10.2. The Balaban J connectivity index is 0.00000289. The summed E-state index contributed by atoms with van der Waals surface area (Å²) in [5, 5.41) is 13.5. The fourth-order valence-electron chi connectivity index (χ4n) is 4.11. The highest BCUT2D eigenvalue weighted by Gasteiger charge is 2.18. The molecular formula is C26H27ClN6OS. The zero-order valence-corrected chi connectivity index (χ0v) is 21.3. The van der Waals surface area contributed by atoms with E-state index < -0.39 is 0 Å². The van der Waals surface area contributed by atoms with Crippen LogP contribution in [0.5, 0.6) is 5.75 Å². The fourth-order valence-corrected chi connectivity index (χ4v) is 4.97. The third-order valence-corrected chi connectivity index (χ3v) is 6.71. The zero-order chi connectivity index (χ0) is 23.5. The molecule has 7 nitrogen and oxygen atoms in total. The number of thiazole rings is 1. The topological polar surface area (TPSA) is 77.3 Å². The van der Waals surface area contributed by atoms with Gasteiger partial charge in [-0.2, -0.15) is 5.26 Å². The average Bonchev–Trinajstić information content (AvgIpc) is 3.27. The van der Waals surface area contributed by atoms with Crippen molar-refractivity contribution in [1.29, 1.82) is 5.26 Å². The normalized spacial score (nSPS) is 13.4. The SMILES string of the molecule is CC(C)Oc1ccc(C#N)cc1Nc1nc2cc(N3CCN(c4ccncc4)CC3)ccc2s1.Cl. The van der Waals surface area contributed by atoms with Gasteiger partial charge in [0.15, 0.2) is 5.13 Å². The number of pyridine rings is 1. The molecule has 3 heterocycles. The molecule has 0 radical (unpaired) electrons. The summed E-state index contributed by atoms with van der Waals surface area (Å²) in [4.78, 5) is 13.8. The van der Waals surface area contributed by atoms with Crippen molar-refractivity contribution in [2.24, 2.45) is 0 Å². The van der Waals surface area contributed by atoms with Crippen molar-refractivity contribution in [2.75, 3.05) is 41.3 Å². The Bertz CT molecular complexity index is 1330. The standard InChI is InChI=1S/C26H26N6OS.ClH/c1-18(2)33-24-5-3-19(17-27)15-22(24)29-26-30-23-16-21(4-6-25(23)34-26)32-13-11-31(12-14-32)20-7-9-28-10-8-20;/h3-10,15-16,18H,11-14H2,1-2H3,(H,29,30);1H. The minimum atomic E-state index is 0. The maximum absolute atomic E-state index is 9.31. The number of piperazine rings is 1. The van der Waals surface area contributed by atoms with Gasteiger partial charge in [-0.3, -0.25) is 4.98 Å². The Kier molecular flexibility index (Phi) is 7.59. The molecule has 0 saturated carbocycles. The summed E-state index contributed by atoms with van der Waals surface area (Å²) in [6.07, 6.45) is 3.72. The van der Waals surface area contributed by atoms with Gasteiger partial charge in [-0.15, -0.1) is 12.4 Å². The smallest absolute Gasteiger partial charge is 0.188 e. The molecule has 180 valence electrons. The number of anilines is 4. The highest BCUT2D eigenvalue weighted by molar-refractivity contribution is 7.22. The highest BCUT2D eigenvalue weighted by Crippen LogP contribution is 2.35. The molecule has 0 atom stereocenters. The summed E-state index contributed by atoms with van der Waals surface area (Å²) >= 11 is 1.59. The Hall–Kier alpha value is -3.54. The first-order valence-corrected chi connectivity index (χ1v) is 12.2. The van der Waals surface area contributed by atoms with Gasteiger partial charge >= 0.3 is 0 Å². The number of ether oxygens (including phenoxy) is 1. The van der Waals surface area contributed by atoms with Crippen LogP contribution < -0.4 is 19.9 Å². The van der Waals surface area contributed by atoms with Gasteiger partial charge in [0.05, 0.1) is 33.6 Å². The van der Waals surface area contributed by atoms with Gasteiger partial charge in [0.1, 0.15) is 5.75 Å². The molecular weight excluding hydrogens is 480 g/mol. The average molecular weight is 507 g/mol. The molecule has 4 aromatic rings. The van der Waals surface area contributed by atoms with Crippen molar-refractivity contribution in [2.45, 2.75) is 20.0 Å². The van der Waals surface area contributed by atoms with E-state index in [1.165, 1.54) is 11.4 Å². The van der Waals surface area contributed by atoms with E-state index in [9.17, 15) is 5.26 Å². The first-order chi connectivity index (χ1) is 16.6. The molecule has 0 aliphatic carbocycles. The van der Waals surface area contributed by atoms with E-state index in [2.05, 4.69) is 56.5 Å². The van der Waals surface area contributed by atoms with Crippen LogP contribution in [0.3, 0.4) is 0 Å². The molecule has 1 aliphatic rings. The second kappa shape index (κ2) is 10.8. The molecule has 2 aromatic heterocycles. The first-order valence-electron chi connectivity index (χ1n) is 11.4. The van der Waals surface area contributed by atoms with Crippen LogP contribution in [-0.4, -0.2) is 42.3 Å². The minimum Gasteiger partial charge on any atom is -0.489 e. The number of hydrogen-bond donors (Lipinski definition) is 1. The highest BCUT2D eigenvalue weighted by atomic mass is 35.5. The summed E-state index contributed by atoms with van der Waals surface area (Å²) in [5.41, 5.74) is 4.70. The van der Waals surface area contributed by atoms with Crippen LogP contribution in [0.2, 0.25) is 0 Å². The molecule has 0 amide bonds. The lowest BCUT2D eigenvalue weighted by Gasteiger charge is -2.37. The second-order valence-electron chi connectivity index (χ2n) is 8.46. The first kappa shape index (κ1) is 24.6. The summed E-state index contributed by atoms with van der Waals surface area (Å²) in [6, 6.07) is 18.2. The summed E-state index contributed by atoms with van der Waals surface area (Å²) in [7, 11) is 0. The monoisotopic (exact) mass is 506 g/mol. The maximum Gasteiger partial charge on any atom is 0.188 e. The fraction of sp³-hybridized carbons (Fsp3) is 0.269. The lowest BCUT2D eigenvalue weighted by molar-refractivity contribution is 0.244. The Labute approximate surface area is 215 Å². The molecule has 1 aliphatic heterocycles. The predicted molar refractivity (Wildman–Crippen MR) is 146 cm³/mol. The number of nitriles is 1. The maximum atomic E-state index is 9.31. The molecule has 1 saturated heterocycles. The van der Waals surface area contributed by atoms with Crippen LogP contribution in [-0.2, 0) is 0 Å². The molecule has 1 fully saturated rings. The van der Waals surface area contributed by atoms with Crippen LogP contribution in [0.15, 0.2) is 60.9 Å². The third kappa shape index (κ3) is 5.59. The van der Waals surface area contributed by atoms with Gasteiger partial charge in [-0.25, -0.2) is 4.98 Å². The largest absolute Gasteiger partial charge is 0.489 e. The van der Waals surface area contributed by atoms with E-state index in [0.717, 1.165) is 47.2 Å². The summed E-state index contributed by atoms with van der Waals surface area (Å²) in [6.45, 7) is 7.83. The van der Waals surface area contributed by atoms with Crippen molar-refractivity contribution in [3.05, 3.63) is 66.5 Å². The number of halogens is 1. The molecule has 0 bridgehead atoms. The molecule has 5 rings (SSSR count). The zero-order valence-electron chi connectivity index (χ0n) is 19.6. The quantitative estimate of drug-likeness (QED) is 0.352. The van der Waals surface area contributed by atoms with Crippen LogP contribution in [0.1, 0.15) is 19.4 Å². The molecule has 0 unspecified atom stereocenters. The number of nitrogens with one attached hydrogen (secondary N) is 1. The molecule has 35 heavy (non-hydrogen) atoms. The van der Waals surface area contributed by atoms with E-state index in [-0.39, 0.29) is 18.5 Å². The number of fused-ring (bicyclic) bond motifs is 1. The molecule has 9 heteroatoms. The molecule has 0 spiro atoms. The van der Waals surface area contributed by atoms with Crippen molar-refractivity contribution < 1.29 is 4.74 Å². The van der Waals surface area contributed by atoms with Gasteiger partial charge in [-0.05, 0) is 62.4 Å². The summed E-state index contributed by atoms with van der Waals surface area (Å²) in [5.74, 6) is 0.709. The number of benzene rings is 2. The molecule has 2 aromatic carbocycles. The van der Waals surface area contributed by atoms with Gasteiger partial charge in [-0.1, -0.05) is 11.3 Å². The van der Waals surface area contributed by atoms with Crippen LogP contribution in [0, 0.1) is 11.3 Å². The third-order valence-electron chi connectivity index (χ3n) is 5.76. The van der Waals surface area contributed by atoms with Gasteiger partial charge < -0.3 is 19.9 Å². The van der Waals surface area contributed by atoms with Crippen LogP contribution in [0.4, 0.5) is 22.2 Å². The van der Waals surface area contributed by atoms with E-state index in [0.29, 0.717) is 11.3 Å². The van der Waals surface area contributed by atoms with E-state index in [1.807, 2.05) is 32.3 Å². The van der Waals surface area contributed by atoms with E-state index >= 15 is 0 Å². The van der Waals surface area contributed by atoms with Crippen molar-refractivity contribution in [3.63, 3.8) is 0 Å². The summed E-state index contributed by atoms with van der Waals surface area (Å²) < 4.78 is 7.04. The number of rotatable bonds is 6. The number of aromatic nitrogens is 2. The molecule has 1 N–H and O–H groups in total. The van der Waals surface area contributed by atoms with Gasteiger partial charge in [0.2, 0.25) is 0 Å². The second-order valence-corrected chi connectivity index (χ2v) is 9.50. The van der Waals surface area contributed by atoms with Crippen molar-refractivity contribution in [3.8, 4) is 11.8 Å². The Morgan fingerprint density at radius 3 is 2.37 bits per heavy atom. The van der Waals surface area contributed by atoms with Gasteiger partial charge in [0.25, 0.3) is 0 Å². The number of nitrogens with zero attached hydrogens (tertiary/aromatic N) is 5. The van der Waals surface area contributed by atoms with Crippen molar-refractivity contribution >= 4 is 56.2 Å². The predicted octanol–water partition coefficient (Wildman–Crippen LogP) is 5.84. The van der Waals surface area contributed by atoms with Crippen LogP contribution in [0.25, 0.3) is 10.2 Å². The Morgan fingerprint density at radius 2 is 1.69 bits per heavy atom. The van der Waals surface area contributed by atoms with E-state index in [4.69, 9.17) is 9.72 Å². The van der Waals surface area contributed by atoms with Gasteiger partial charge in [0, 0.05) is 49.9 Å². The minimum absolute atomic E-state index is 0. The van der Waals surface area contributed by atoms with Crippen LogP contribution >= 0.6 is 23.7 Å². The lowest BCUT2D eigenvalue weighted by Crippen LogP contribution is -2.46. The van der Waals surface area contributed by atoms with Crippen molar-refractivity contribution in [1.82, 2.24) is 9.97 Å². The van der Waals surface area contributed by atoms with E-state index in [1.54, 1.807) is 23.5 Å². The Morgan fingerprint density at radius 1 is 0.971 bits per heavy atom.